The third kappa shape index (κ3) is 3.18. The molecule has 4 heteroatoms. The van der Waals surface area contributed by atoms with Crippen molar-refractivity contribution in [3.63, 3.8) is 0 Å². The molecule has 1 aromatic carbocycles. The molecule has 1 saturated heterocycles. The summed E-state index contributed by atoms with van der Waals surface area (Å²) < 4.78 is 0. The lowest BCUT2D eigenvalue weighted by Crippen LogP contribution is -2.44. The molecular formula is C16H22N2O2. The number of hydrogen-bond acceptors (Lipinski definition) is 2. The predicted octanol–water partition coefficient (Wildman–Crippen LogP) is 2.33. The second-order valence-corrected chi connectivity index (χ2v) is 5.49. The molecule has 1 heterocycles. The first-order valence-corrected chi connectivity index (χ1v) is 7.20. The van der Waals surface area contributed by atoms with E-state index in [1.807, 2.05) is 32.9 Å². The van der Waals surface area contributed by atoms with Gasteiger partial charge in [-0.25, -0.2) is 0 Å². The minimum absolute atomic E-state index is 0.00250. The lowest BCUT2D eigenvalue weighted by atomic mass is 10.1. The molecule has 0 spiro atoms. The van der Waals surface area contributed by atoms with Gasteiger partial charge in [0.25, 0.3) is 0 Å². The Hall–Kier alpha value is -1.84. The molecule has 1 aromatic rings. The molecule has 1 fully saturated rings. The SMILES string of the molecule is CCCC1NC(=O)CCN(c2cc(C)cc(C)c2)C1=O. The third-order valence-electron chi connectivity index (χ3n) is 3.56. The van der Waals surface area contributed by atoms with E-state index in [0.29, 0.717) is 19.4 Å². The van der Waals surface area contributed by atoms with E-state index in [0.717, 1.165) is 23.2 Å². The van der Waals surface area contributed by atoms with Gasteiger partial charge in [-0.2, -0.15) is 0 Å². The predicted molar refractivity (Wildman–Crippen MR) is 79.7 cm³/mol. The molecule has 1 aliphatic rings. The van der Waals surface area contributed by atoms with Gasteiger partial charge >= 0.3 is 0 Å². The van der Waals surface area contributed by atoms with Crippen LogP contribution in [0.4, 0.5) is 5.69 Å². The second-order valence-electron chi connectivity index (χ2n) is 5.49. The molecule has 2 rings (SSSR count). The van der Waals surface area contributed by atoms with Gasteiger partial charge in [0.05, 0.1) is 0 Å². The van der Waals surface area contributed by atoms with Crippen LogP contribution in [0.25, 0.3) is 0 Å². The summed E-state index contributed by atoms with van der Waals surface area (Å²) in [5, 5.41) is 2.83. The van der Waals surface area contributed by atoms with Gasteiger partial charge in [-0.15, -0.1) is 0 Å². The highest BCUT2D eigenvalue weighted by Crippen LogP contribution is 2.22. The van der Waals surface area contributed by atoms with Gasteiger partial charge in [0.15, 0.2) is 0 Å². The van der Waals surface area contributed by atoms with Crippen LogP contribution in [0.5, 0.6) is 0 Å². The number of nitrogens with one attached hydrogen (secondary N) is 1. The molecular weight excluding hydrogens is 252 g/mol. The van der Waals surface area contributed by atoms with Crippen molar-refractivity contribution >= 4 is 17.5 Å². The molecule has 108 valence electrons. The Morgan fingerprint density at radius 1 is 1.20 bits per heavy atom. The van der Waals surface area contributed by atoms with Gasteiger partial charge in [-0.05, 0) is 43.5 Å². The number of carbonyl (C=O) groups is 2. The molecule has 2 amide bonds. The molecule has 0 aliphatic carbocycles. The molecule has 20 heavy (non-hydrogen) atoms. The fourth-order valence-electron chi connectivity index (χ4n) is 2.69. The summed E-state index contributed by atoms with van der Waals surface area (Å²) in [6.45, 7) is 6.51. The lowest BCUT2D eigenvalue weighted by molar-refractivity contribution is -0.125. The molecule has 0 saturated carbocycles. The highest BCUT2D eigenvalue weighted by atomic mass is 16.2. The topological polar surface area (TPSA) is 49.4 Å². The molecule has 4 nitrogen and oxygen atoms in total. The van der Waals surface area contributed by atoms with Crippen molar-refractivity contribution in [3.8, 4) is 0 Å². The first-order chi connectivity index (χ1) is 9.51. The molecule has 1 N–H and O–H groups in total. The monoisotopic (exact) mass is 274 g/mol. The Bertz CT molecular complexity index is 505. The van der Waals surface area contributed by atoms with Crippen molar-refractivity contribution in [2.75, 3.05) is 11.4 Å². The highest BCUT2D eigenvalue weighted by molar-refractivity contribution is 6.01. The van der Waals surface area contributed by atoms with E-state index in [-0.39, 0.29) is 11.8 Å². The summed E-state index contributed by atoms with van der Waals surface area (Å²) in [6, 6.07) is 5.70. The molecule has 1 atom stereocenters. The molecule has 1 unspecified atom stereocenters. The standard InChI is InChI=1S/C16H22N2O2/c1-4-5-14-16(20)18(7-6-15(19)17-14)13-9-11(2)8-12(3)10-13/h8-10,14H,4-7H2,1-3H3,(H,17,19). The summed E-state index contributed by atoms with van der Waals surface area (Å²) in [5.41, 5.74) is 3.15. The maximum Gasteiger partial charge on any atom is 0.249 e. The van der Waals surface area contributed by atoms with Crippen molar-refractivity contribution in [2.45, 2.75) is 46.1 Å². The quantitative estimate of drug-likeness (QED) is 0.919. The Kier molecular flexibility index (Phi) is 4.42. The Balaban J connectivity index is 2.33. The van der Waals surface area contributed by atoms with E-state index in [2.05, 4.69) is 11.4 Å². The Morgan fingerprint density at radius 2 is 1.85 bits per heavy atom. The fraction of sp³-hybridized carbons (Fsp3) is 0.500. The Morgan fingerprint density at radius 3 is 2.45 bits per heavy atom. The number of carbonyl (C=O) groups excluding carboxylic acids is 2. The number of amides is 2. The average Bonchev–Trinajstić information content (AvgIpc) is 2.49. The highest BCUT2D eigenvalue weighted by Gasteiger charge is 2.30. The van der Waals surface area contributed by atoms with Gasteiger partial charge in [-0.3, -0.25) is 9.59 Å². The molecule has 0 radical (unpaired) electrons. The zero-order valence-electron chi connectivity index (χ0n) is 12.4. The van der Waals surface area contributed by atoms with Crippen LogP contribution in [0, 0.1) is 13.8 Å². The van der Waals surface area contributed by atoms with Crippen molar-refractivity contribution in [1.29, 1.82) is 0 Å². The van der Waals surface area contributed by atoms with Gasteiger partial charge in [0, 0.05) is 18.7 Å². The second kappa shape index (κ2) is 6.07. The van der Waals surface area contributed by atoms with E-state index >= 15 is 0 Å². The minimum atomic E-state index is -0.393. The zero-order chi connectivity index (χ0) is 14.7. The largest absolute Gasteiger partial charge is 0.344 e. The number of anilines is 1. The van der Waals surface area contributed by atoms with E-state index in [4.69, 9.17) is 0 Å². The fourth-order valence-corrected chi connectivity index (χ4v) is 2.69. The van der Waals surface area contributed by atoms with E-state index in [9.17, 15) is 9.59 Å². The van der Waals surface area contributed by atoms with Crippen LogP contribution >= 0.6 is 0 Å². The van der Waals surface area contributed by atoms with Crippen LogP contribution < -0.4 is 10.2 Å². The van der Waals surface area contributed by atoms with Crippen molar-refractivity contribution < 1.29 is 9.59 Å². The smallest absolute Gasteiger partial charge is 0.249 e. The van der Waals surface area contributed by atoms with Gasteiger partial charge in [-0.1, -0.05) is 19.4 Å². The summed E-state index contributed by atoms with van der Waals surface area (Å²) in [5.74, 6) is -0.0358. The average molecular weight is 274 g/mol. The first-order valence-electron chi connectivity index (χ1n) is 7.20. The maximum atomic E-state index is 12.6. The normalized spacial score (nSPS) is 19.8. The molecule has 0 bridgehead atoms. The minimum Gasteiger partial charge on any atom is -0.344 e. The van der Waals surface area contributed by atoms with Crippen LogP contribution in [-0.2, 0) is 9.59 Å². The van der Waals surface area contributed by atoms with Gasteiger partial charge in [0.1, 0.15) is 6.04 Å². The summed E-state index contributed by atoms with van der Waals surface area (Å²) in [6.07, 6.45) is 1.92. The van der Waals surface area contributed by atoms with E-state index in [1.165, 1.54) is 0 Å². The third-order valence-corrected chi connectivity index (χ3v) is 3.56. The Labute approximate surface area is 120 Å². The number of benzene rings is 1. The molecule has 0 aromatic heterocycles. The van der Waals surface area contributed by atoms with E-state index in [1.54, 1.807) is 4.90 Å². The van der Waals surface area contributed by atoms with Gasteiger partial charge in [0.2, 0.25) is 11.8 Å². The first kappa shape index (κ1) is 14.6. The van der Waals surface area contributed by atoms with E-state index < -0.39 is 6.04 Å². The lowest BCUT2D eigenvalue weighted by Gasteiger charge is -2.24. The number of hydrogen-bond donors (Lipinski definition) is 1. The van der Waals surface area contributed by atoms with Crippen molar-refractivity contribution in [2.24, 2.45) is 0 Å². The van der Waals surface area contributed by atoms with Gasteiger partial charge < -0.3 is 10.2 Å². The van der Waals surface area contributed by atoms with Crippen LogP contribution in [-0.4, -0.2) is 24.4 Å². The number of aryl methyl sites for hydroxylation is 2. The summed E-state index contributed by atoms with van der Waals surface area (Å²) in [4.78, 5) is 26.1. The van der Waals surface area contributed by atoms with Crippen LogP contribution in [0.1, 0.15) is 37.3 Å². The molecule has 1 aliphatic heterocycles. The number of nitrogens with zero attached hydrogens (tertiary/aromatic N) is 1. The van der Waals surface area contributed by atoms with Crippen LogP contribution in [0.15, 0.2) is 18.2 Å². The summed E-state index contributed by atoms with van der Waals surface area (Å²) >= 11 is 0. The summed E-state index contributed by atoms with van der Waals surface area (Å²) in [7, 11) is 0. The van der Waals surface area contributed by atoms with Crippen molar-refractivity contribution in [3.05, 3.63) is 29.3 Å². The maximum absolute atomic E-state index is 12.6. The van der Waals surface area contributed by atoms with Crippen molar-refractivity contribution in [1.82, 2.24) is 5.32 Å². The van der Waals surface area contributed by atoms with Crippen LogP contribution in [0.3, 0.4) is 0 Å². The number of rotatable bonds is 3. The zero-order valence-corrected chi connectivity index (χ0v) is 12.4. The van der Waals surface area contributed by atoms with Crippen LogP contribution in [0.2, 0.25) is 0 Å².